The van der Waals surface area contributed by atoms with Crippen molar-refractivity contribution in [3.8, 4) is 11.3 Å². The summed E-state index contributed by atoms with van der Waals surface area (Å²) in [7, 11) is 2.03. The van der Waals surface area contributed by atoms with Gasteiger partial charge in [-0.25, -0.2) is 9.97 Å². The maximum absolute atomic E-state index is 6.20. The van der Waals surface area contributed by atoms with Crippen LogP contribution in [0.15, 0.2) is 24.7 Å². The molecule has 1 fully saturated rings. The van der Waals surface area contributed by atoms with E-state index in [0.29, 0.717) is 22.5 Å². The van der Waals surface area contributed by atoms with Crippen LogP contribution in [0.25, 0.3) is 11.3 Å². The van der Waals surface area contributed by atoms with Crippen LogP contribution in [0.3, 0.4) is 0 Å². The Morgan fingerprint density at radius 3 is 2.87 bits per heavy atom. The molecular formula is C16H20ClN5O. The lowest BCUT2D eigenvalue weighted by Crippen LogP contribution is -2.30. The van der Waals surface area contributed by atoms with Crippen LogP contribution in [-0.4, -0.2) is 41.8 Å². The number of nitrogens with zero attached hydrogens (tertiary/aromatic N) is 4. The van der Waals surface area contributed by atoms with E-state index in [1.54, 1.807) is 18.5 Å². The molecule has 1 aliphatic rings. The highest BCUT2D eigenvalue weighted by Gasteiger charge is 2.17. The van der Waals surface area contributed by atoms with Crippen molar-refractivity contribution < 1.29 is 4.74 Å². The molecule has 0 unspecified atom stereocenters. The van der Waals surface area contributed by atoms with Gasteiger partial charge in [0.05, 0.1) is 23.1 Å². The number of nitrogens with two attached hydrogens (primary N) is 1. The summed E-state index contributed by atoms with van der Waals surface area (Å²) in [6.07, 6.45) is 7.16. The van der Waals surface area contributed by atoms with Gasteiger partial charge in [0.15, 0.2) is 0 Å². The minimum absolute atomic E-state index is 0.409. The Morgan fingerprint density at radius 1 is 1.30 bits per heavy atom. The molecular weight excluding hydrogens is 314 g/mol. The van der Waals surface area contributed by atoms with E-state index in [-0.39, 0.29) is 0 Å². The maximum atomic E-state index is 6.20. The van der Waals surface area contributed by atoms with E-state index in [1.807, 2.05) is 7.05 Å². The molecule has 0 aliphatic carbocycles. The van der Waals surface area contributed by atoms with Crippen LogP contribution in [-0.2, 0) is 4.74 Å². The van der Waals surface area contributed by atoms with Gasteiger partial charge in [0.2, 0.25) is 0 Å². The van der Waals surface area contributed by atoms with Crippen LogP contribution in [0.4, 0.5) is 11.6 Å². The fraction of sp³-hybridized carbons (Fsp3) is 0.438. The minimum Gasteiger partial charge on any atom is -0.384 e. The van der Waals surface area contributed by atoms with E-state index in [4.69, 9.17) is 22.1 Å². The third kappa shape index (κ3) is 3.89. The van der Waals surface area contributed by atoms with Crippen LogP contribution in [0.2, 0.25) is 5.02 Å². The molecule has 23 heavy (non-hydrogen) atoms. The van der Waals surface area contributed by atoms with Crippen LogP contribution in [0.5, 0.6) is 0 Å². The molecule has 0 radical (unpaired) electrons. The summed E-state index contributed by atoms with van der Waals surface area (Å²) in [6.45, 7) is 2.62. The summed E-state index contributed by atoms with van der Waals surface area (Å²) >= 11 is 6.20. The Balaban J connectivity index is 1.80. The highest BCUT2D eigenvalue weighted by atomic mass is 35.5. The smallest absolute Gasteiger partial charge is 0.147 e. The molecule has 1 aliphatic heterocycles. The van der Waals surface area contributed by atoms with E-state index in [9.17, 15) is 0 Å². The first-order chi connectivity index (χ1) is 11.1. The molecule has 2 aromatic rings. The van der Waals surface area contributed by atoms with Crippen molar-refractivity contribution >= 4 is 23.2 Å². The molecule has 122 valence electrons. The lowest BCUT2D eigenvalue weighted by Gasteiger charge is -2.27. The first-order valence-corrected chi connectivity index (χ1v) is 8.03. The third-order valence-electron chi connectivity index (χ3n) is 4.04. The molecule has 0 spiro atoms. The number of pyridine rings is 1. The normalized spacial score (nSPS) is 15.6. The van der Waals surface area contributed by atoms with E-state index < -0.39 is 0 Å². The quantitative estimate of drug-likeness (QED) is 0.926. The number of halogens is 1. The second kappa shape index (κ2) is 7.10. The van der Waals surface area contributed by atoms with Crippen molar-refractivity contribution in [3.63, 3.8) is 0 Å². The Labute approximate surface area is 140 Å². The van der Waals surface area contributed by atoms with E-state index in [1.165, 1.54) is 6.20 Å². The van der Waals surface area contributed by atoms with Gasteiger partial charge in [-0.2, -0.15) is 0 Å². The number of anilines is 2. The lowest BCUT2D eigenvalue weighted by atomic mass is 10.00. The molecule has 0 atom stereocenters. The van der Waals surface area contributed by atoms with Crippen molar-refractivity contribution in [2.75, 3.05) is 37.4 Å². The van der Waals surface area contributed by atoms with E-state index in [2.05, 4.69) is 19.9 Å². The number of nitrogen functional groups attached to an aromatic ring is 1. The zero-order chi connectivity index (χ0) is 16.2. The fourth-order valence-electron chi connectivity index (χ4n) is 2.73. The highest BCUT2D eigenvalue weighted by molar-refractivity contribution is 6.33. The molecule has 0 saturated carbocycles. The molecule has 2 N–H and O–H groups in total. The molecule has 1 saturated heterocycles. The van der Waals surface area contributed by atoms with Crippen molar-refractivity contribution in [1.82, 2.24) is 15.0 Å². The van der Waals surface area contributed by atoms with Gasteiger partial charge >= 0.3 is 0 Å². The van der Waals surface area contributed by atoms with E-state index >= 15 is 0 Å². The predicted octanol–water partition coefficient (Wildman–Crippen LogP) is 2.64. The summed E-state index contributed by atoms with van der Waals surface area (Å²) in [6, 6.07) is 1.72. The SMILES string of the molecule is CN(CC1CCOCC1)c1cncc(-c2cc(N)ncc2Cl)n1. The Hall–Kier alpha value is -1.92. The third-order valence-corrected chi connectivity index (χ3v) is 4.34. The topological polar surface area (TPSA) is 77.2 Å². The maximum Gasteiger partial charge on any atom is 0.147 e. The first kappa shape index (κ1) is 16.0. The van der Waals surface area contributed by atoms with Crippen LogP contribution in [0, 0.1) is 5.92 Å². The van der Waals surface area contributed by atoms with Crippen LogP contribution >= 0.6 is 11.6 Å². The molecule has 0 aromatic carbocycles. The van der Waals surface area contributed by atoms with Gasteiger partial charge in [0.25, 0.3) is 0 Å². The first-order valence-electron chi connectivity index (χ1n) is 7.66. The van der Waals surface area contributed by atoms with Gasteiger partial charge in [0.1, 0.15) is 11.6 Å². The second-order valence-corrected chi connectivity index (χ2v) is 6.19. The average Bonchev–Trinajstić information content (AvgIpc) is 2.58. The van der Waals surface area contributed by atoms with Gasteiger partial charge in [-0.1, -0.05) is 11.6 Å². The molecule has 0 bridgehead atoms. The number of aromatic nitrogens is 3. The minimum atomic E-state index is 0.409. The molecule has 2 aromatic heterocycles. The van der Waals surface area contributed by atoms with Gasteiger partial charge < -0.3 is 15.4 Å². The fourth-order valence-corrected chi connectivity index (χ4v) is 2.93. The standard InChI is InChI=1S/C16H20ClN5O/c1-22(10-11-2-4-23-5-3-11)16-9-19-8-14(21-16)12-6-15(18)20-7-13(12)17/h6-9,11H,2-5,10H2,1H3,(H2,18,20). The van der Waals surface area contributed by atoms with Crippen LogP contribution < -0.4 is 10.6 Å². The van der Waals surface area contributed by atoms with Crippen molar-refractivity contribution in [1.29, 1.82) is 0 Å². The number of hydrogen-bond donors (Lipinski definition) is 1. The number of hydrogen-bond acceptors (Lipinski definition) is 6. The monoisotopic (exact) mass is 333 g/mol. The molecule has 6 nitrogen and oxygen atoms in total. The summed E-state index contributed by atoms with van der Waals surface area (Å²) in [5, 5.41) is 0.512. The van der Waals surface area contributed by atoms with Crippen LogP contribution in [0.1, 0.15) is 12.8 Å². The summed E-state index contributed by atoms with van der Waals surface area (Å²) in [4.78, 5) is 15.1. The molecule has 3 heterocycles. The van der Waals surface area contributed by atoms with Gasteiger partial charge in [-0.3, -0.25) is 4.98 Å². The van der Waals surface area contributed by atoms with Gasteiger partial charge in [-0.15, -0.1) is 0 Å². The predicted molar refractivity (Wildman–Crippen MR) is 91.5 cm³/mol. The van der Waals surface area contributed by atoms with Gasteiger partial charge in [0, 0.05) is 38.6 Å². The summed E-state index contributed by atoms with van der Waals surface area (Å²) in [5.74, 6) is 1.85. The summed E-state index contributed by atoms with van der Waals surface area (Å²) < 4.78 is 5.41. The van der Waals surface area contributed by atoms with E-state index in [0.717, 1.165) is 44.0 Å². The molecule has 3 rings (SSSR count). The number of ether oxygens (including phenoxy) is 1. The Morgan fingerprint density at radius 2 is 2.09 bits per heavy atom. The van der Waals surface area contributed by atoms with Crippen molar-refractivity contribution in [2.45, 2.75) is 12.8 Å². The highest BCUT2D eigenvalue weighted by Crippen LogP contribution is 2.28. The van der Waals surface area contributed by atoms with Crippen molar-refractivity contribution in [2.24, 2.45) is 5.92 Å². The zero-order valence-electron chi connectivity index (χ0n) is 13.1. The van der Waals surface area contributed by atoms with Gasteiger partial charge in [-0.05, 0) is 24.8 Å². The molecule has 0 amide bonds. The summed E-state index contributed by atoms with van der Waals surface area (Å²) in [5.41, 5.74) is 7.18. The second-order valence-electron chi connectivity index (χ2n) is 5.79. The molecule has 7 heteroatoms. The average molecular weight is 334 g/mol. The Bertz CT molecular complexity index is 675. The van der Waals surface area contributed by atoms with Crippen molar-refractivity contribution in [3.05, 3.63) is 29.7 Å². The zero-order valence-corrected chi connectivity index (χ0v) is 13.8. The largest absolute Gasteiger partial charge is 0.384 e. The Kier molecular flexibility index (Phi) is 4.93. The number of rotatable bonds is 4. The lowest BCUT2D eigenvalue weighted by molar-refractivity contribution is 0.0685.